The van der Waals surface area contributed by atoms with Gasteiger partial charge in [-0.05, 0) is 0 Å². The van der Waals surface area contributed by atoms with Crippen molar-refractivity contribution in [2.75, 3.05) is 7.11 Å². The van der Waals surface area contributed by atoms with Gasteiger partial charge in [0.1, 0.15) is 0 Å². The van der Waals surface area contributed by atoms with Crippen LogP contribution in [0.5, 0.6) is 0 Å². The van der Waals surface area contributed by atoms with Crippen LogP contribution < -0.4 is 0 Å². The Labute approximate surface area is 83.0 Å². The Balaban J connectivity index is 5.50. The van der Waals surface area contributed by atoms with Gasteiger partial charge in [-0.2, -0.15) is 0 Å². The summed E-state index contributed by atoms with van der Waals surface area (Å²) in [5, 5.41) is 0. The van der Waals surface area contributed by atoms with E-state index >= 15 is 0 Å². The molecule has 0 radical (unpaired) electrons. The van der Waals surface area contributed by atoms with Crippen LogP contribution in [0.4, 0.5) is 0 Å². The Morgan fingerprint density at radius 2 is 1.08 bits per heavy atom. The first kappa shape index (κ1) is 13.7. The fourth-order valence-corrected chi connectivity index (χ4v) is 32.1. The molecule has 2 N–H and O–H groups in total. The quantitative estimate of drug-likeness (QED) is 0.591. The van der Waals surface area contributed by atoms with Crippen molar-refractivity contribution in [2.45, 2.75) is 39.3 Å². The number of hydrogen-bond donors (Lipinski definition) is 2. The fourth-order valence-electron chi connectivity index (χ4n) is 1.55. The summed E-state index contributed by atoms with van der Waals surface area (Å²) in [6.45, 7) is 11.8. The van der Waals surface area contributed by atoms with Crippen LogP contribution in [0, 0.1) is 0 Å². The van der Waals surface area contributed by atoms with Crippen molar-refractivity contribution in [3.8, 4) is 0 Å². The first-order valence-electron chi connectivity index (χ1n) is 4.44. The molecule has 0 rings (SSSR count). The van der Waals surface area contributed by atoms with Gasteiger partial charge in [0, 0.05) is 0 Å². The Hall–Kier alpha value is 0.744. The molecular weight excluding hydrogens is 219 g/mol. The molecule has 13 heavy (non-hydrogen) atoms. The molecule has 0 heterocycles. The summed E-state index contributed by atoms with van der Waals surface area (Å²) in [4.78, 5) is 21.1. The fraction of sp³-hybridized carbons (Fsp3) is 1.00. The predicted molar refractivity (Wildman–Crippen MR) is 65.1 cm³/mol. The summed E-state index contributed by atoms with van der Waals surface area (Å²) in [5.41, 5.74) is 0. The Morgan fingerprint density at radius 3 is 1.08 bits per heavy atom. The van der Waals surface area contributed by atoms with Crippen LogP contribution >= 0.6 is 6.38 Å². The minimum absolute atomic E-state index is 1.44. The third-order valence-corrected chi connectivity index (χ3v) is 36.0. The van der Waals surface area contributed by atoms with Crippen molar-refractivity contribution in [1.29, 1.82) is 0 Å². The van der Waals surface area contributed by atoms with Crippen LogP contribution in [0.3, 0.4) is 0 Å². The van der Waals surface area contributed by atoms with Crippen LogP contribution in [-0.4, -0.2) is 32.4 Å². The Bertz CT molecular complexity index is 187. The summed E-state index contributed by atoms with van der Waals surface area (Å²) in [6, 6.07) is 0. The van der Waals surface area contributed by atoms with E-state index in [0.717, 1.165) is 0 Å². The molecule has 0 unspecified atom stereocenters. The van der Waals surface area contributed by atoms with Crippen molar-refractivity contribution in [2.24, 2.45) is 0 Å². The van der Waals surface area contributed by atoms with Gasteiger partial charge in [-0.1, -0.05) is 0 Å². The third kappa shape index (κ3) is 1.78. The van der Waals surface area contributed by atoms with E-state index in [2.05, 4.69) is 0 Å². The van der Waals surface area contributed by atoms with Crippen molar-refractivity contribution >= 4 is 21.9 Å². The predicted octanol–water partition coefficient (Wildman–Crippen LogP) is 2.59. The second-order valence-electron chi connectivity index (χ2n) is 5.47. The Kier molecular flexibility index (Phi) is 3.30. The van der Waals surface area contributed by atoms with E-state index in [1.165, 1.54) is 7.11 Å². The van der Waals surface area contributed by atoms with Gasteiger partial charge in [0.2, 0.25) is 0 Å². The number of rotatable bonds is 3. The van der Waals surface area contributed by atoms with Gasteiger partial charge in [0.05, 0.1) is 0 Å². The zero-order valence-electron chi connectivity index (χ0n) is 9.75. The maximum absolute atomic E-state index is 10.5. The minimum atomic E-state index is -3.83. The first-order chi connectivity index (χ1) is 5.36. The van der Waals surface area contributed by atoms with Gasteiger partial charge >= 0.3 is 82.6 Å². The van der Waals surface area contributed by atoms with E-state index in [1.807, 2.05) is 39.3 Å². The molecule has 0 bridgehead atoms. The Morgan fingerprint density at radius 1 is 0.846 bits per heavy atom. The van der Waals surface area contributed by atoms with E-state index in [1.54, 1.807) is 0 Å². The molecule has 0 aliphatic rings. The molecule has 3 nitrogen and oxygen atoms in total. The van der Waals surface area contributed by atoms with Crippen LogP contribution in [-0.2, 0) is 4.52 Å². The average Bonchev–Trinajstić information content (AvgIpc) is 1.83. The summed E-state index contributed by atoms with van der Waals surface area (Å²) in [7, 11) is -2.74. The van der Waals surface area contributed by atoms with E-state index in [4.69, 9.17) is 4.52 Å². The van der Waals surface area contributed by atoms with Crippen molar-refractivity contribution in [3.63, 3.8) is 0 Å². The molecule has 0 aromatic rings. The van der Waals surface area contributed by atoms with Crippen LogP contribution in [0.25, 0.3) is 0 Å². The first-order valence-corrected chi connectivity index (χ1v) is 15.2. The monoisotopic (exact) mass is 242 g/mol. The molecule has 82 valence electrons. The van der Waals surface area contributed by atoms with Gasteiger partial charge in [0.15, 0.2) is 0 Å². The van der Waals surface area contributed by atoms with Crippen LogP contribution in [0.1, 0.15) is 0 Å². The summed E-state index contributed by atoms with van der Waals surface area (Å²) in [5.74, 6) is 0. The van der Waals surface area contributed by atoms with E-state index in [0.29, 0.717) is 0 Å². The second-order valence-corrected chi connectivity index (χ2v) is 30.6. The van der Waals surface area contributed by atoms with Gasteiger partial charge in [-0.15, -0.1) is 0 Å². The zero-order chi connectivity index (χ0) is 11.2. The summed E-state index contributed by atoms with van der Waals surface area (Å²) in [6.07, 6.45) is -3.83. The van der Waals surface area contributed by atoms with E-state index in [9.17, 15) is 9.79 Å². The third-order valence-electron chi connectivity index (χ3n) is 2.76. The second kappa shape index (κ2) is 3.12. The summed E-state index contributed by atoms with van der Waals surface area (Å²) < 4.78 is 5.22. The van der Waals surface area contributed by atoms with Crippen molar-refractivity contribution < 1.29 is 14.3 Å². The molecule has 0 aromatic carbocycles. The summed E-state index contributed by atoms with van der Waals surface area (Å²) >= 11 is 0. The van der Waals surface area contributed by atoms with Crippen molar-refractivity contribution in [1.82, 2.24) is 0 Å². The van der Waals surface area contributed by atoms with Gasteiger partial charge in [-0.3, -0.25) is 0 Å². The standard InChI is InChI=1S/C7H23O3PSi2/c1-10-11(8,9,12(2,3)4)13(5,6)7/h8-9H,1-7H3. The van der Waals surface area contributed by atoms with Gasteiger partial charge in [-0.25, -0.2) is 0 Å². The normalized spacial score (nSPS) is 18.1. The molecule has 0 saturated heterocycles. The van der Waals surface area contributed by atoms with Gasteiger partial charge < -0.3 is 0 Å². The SMILES string of the molecule is COP(O)(O)([Si](C)(C)C)[Si](C)(C)C. The maximum atomic E-state index is 10.5. The molecule has 0 aromatic heterocycles. The molecule has 0 amide bonds. The molecular formula is C7H23O3PSi2. The molecule has 0 spiro atoms. The molecule has 0 atom stereocenters. The zero-order valence-corrected chi connectivity index (χ0v) is 12.6. The molecule has 0 fully saturated rings. The molecule has 0 saturated carbocycles. The number of hydrogen-bond acceptors (Lipinski definition) is 3. The van der Waals surface area contributed by atoms with Crippen molar-refractivity contribution in [3.05, 3.63) is 0 Å². The van der Waals surface area contributed by atoms with E-state index in [-0.39, 0.29) is 0 Å². The van der Waals surface area contributed by atoms with Gasteiger partial charge in [0.25, 0.3) is 0 Å². The average molecular weight is 242 g/mol. The molecule has 0 aliphatic carbocycles. The topological polar surface area (TPSA) is 49.7 Å². The van der Waals surface area contributed by atoms with Crippen LogP contribution in [0.15, 0.2) is 0 Å². The molecule has 6 heteroatoms. The van der Waals surface area contributed by atoms with Crippen LogP contribution in [0.2, 0.25) is 39.3 Å². The van der Waals surface area contributed by atoms with E-state index < -0.39 is 21.9 Å². The molecule has 0 aliphatic heterocycles.